The molecule has 0 fully saturated rings. The monoisotopic (exact) mass is 1600 g/mol. The van der Waals surface area contributed by atoms with E-state index in [9.17, 15) is 92.5 Å². The zero-order valence-corrected chi connectivity index (χ0v) is 61.9. The van der Waals surface area contributed by atoms with E-state index in [0.29, 0.717) is 36.2 Å². The maximum absolute atomic E-state index is 13.5. The Kier molecular flexibility index (Phi) is 32.3. The van der Waals surface area contributed by atoms with E-state index in [4.69, 9.17) is 26.9 Å². The van der Waals surface area contributed by atoms with E-state index < -0.39 is 128 Å². The fourth-order valence-corrected chi connectivity index (χ4v) is 14.9. The molecule has 8 aromatic carbocycles. The highest BCUT2D eigenvalue weighted by Gasteiger charge is 2.28. The standard InChI is InChI=1S/2C18H19F3N2O3S.C17H18ClFN2O4S.C17H17F3N2O4S/c1-23(6-7-24)27(2,26)15-5-3-4-12(9-15)18(25)22-14-8-13(11-19)17(21)16(20)10-14;1-3-9-23(2)27(25,26)14-6-4-5-12(10-14)18(24)22-13-7-8-16(19)15(11-13)17(20)21;1-11-3-4-12(9-16(11)26(24,25)21(2)7-8-22)17(23)20-13-5-6-15(19)14(18)10-13;1-10-3-4-11(7-15(10)27(25,26)22(2)5-6-23)17(24)21-12-8-13(18)16(20)14(19)9-12/h3-5,8-10,24H,2,6-7,11H2,1H3,(H,22,25);4-8,10-11,17H,3,9H2,1-2H3,(H,22,24);3-6,9-10,22H,7-8H2,1-2H3,(H,20,23);3-4,7-9,23H,5-6H2,1-2H3,(H,21,24). The number of aryl methyl sites for hydroxylation is 2. The van der Waals surface area contributed by atoms with Crippen LogP contribution in [0.3, 0.4) is 0 Å². The first-order chi connectivity index (χ1) is 50.1. The van der Waals surface area contributed by atoms with Crippen LogP contribution in [-0.4, -0.2) is 166 Å². The van der Waals surface area contributed by atoms with Gasteiger partial charge in [-0.15, -0.1) is 0 Å². The van der Waals surface area contributed by atoms with Crippen LogP contribution in [0.2, 0.25) is 5.02 Å². The van der Waals surface area contributed by atoms with Gasteiger partial charge >= 0.3 is 0 Å². The van der Waals surface area contributed by atoms with Gasteiger partial charge in [-0.25, -0.2) is 82.0 Å². The van der Waals surface area contributed by atoms with Gasteiger partial charge in [0.15, 0.2) is 29.1 Å². The summed E-state index contributed by atoms with van der Waals surface area (Å²) in [7, 11) is -8.88. The Labute approximate surface area is 616 Å². The van der Waals surface area contributed by atoms with Gasteiger partial charge in [-0.3, -0.25) is 19.2 Å². The third-order valence-corrected chi connectivity index (χ3v) is 23.6. The van der Waals surface area contributed by atoms with Crippen molar-refractivity contribution in [3.63, 3.8) is 0 Å². The summed E-state index contributed by atoms with van der Waals surface area (Å²) in [5, 5.41) is 36.2. The second-order valence-electron chi connectivity index (χ2n) is 23.0. The largest absolute Gasteiger partial charge is 0.395 e. The van der Waals surface area contributed by atoms with E-state index in [2.05, 4.69) is 27.1 Å². The molecular weight excluding hydrogens is 1530 g/mol. The first-order valence-electron chi connectivity index (χ1n) is 31.3. The van der Waals surface area contributed by atoms with Crippen LogP contribution < -0.4 is 21.3 Å². The molecule has 0 spiro atoms. The molecule has 22 nitrogen and oxygen atoms in total. The van der Waals surface area contributed by atoms with Crippen molar-refractivity contribution in [2.24, 2.45) is 0 Å². The van der Waals surface area contributed by atoms with E-state index in [1.807, 2.05) is 6.92 Å². The fourth-order valence-electron chi connectivity index (χ4n) is 9.23. The predicted molar refractivity (Wildman–Crippen MR) is 384 cm³/mol. The molecule has 1 unspecified atom stereocenters. The van der Waals surface area contributed by atoms with Crippen molar-refractivity contribution < 1.29 is 108 Å². The van der Waals surface area contributed by atoms with E-state index in [1.165, 1.54) is 135 Å². The quantitative estimate of drug-likeness (QED) is 0.0151. The Morgan fingerprint density at radius 1 is 0.449 bits per heavy atom. The molecular formula is C70H73ClF10N8O14S4. The number of aliphatic hydroxyl groups is 3. The number of halogens is 11. The maximum Gasteiger partial charge on any atom is 0.266 e. The molecule has 0 saturated heterocycles. The van der Waals surface area contributed by atoms with Gasteiger partial charge < -0.3 is 36.6 Å². The van der Waals surface area contributed by atoms with E-state index in [0.717, 1.165) is 51.1 Å². The third-order valence-electron chi connectivity index (χ3n) is 15.2. The summed E-state index contributed by atoms with van der Waals surface area (Å²) in [4.78, 5) is 49.5. The first kappa shape index (κ1) is 88.4. The number of hydrogen-bond donors (Lipinski definition) is 7. The third kappa shape index (κ3) is 23.4. The molecule has 578 valence electrons. The molecule has 0 radical (unpaired) electrons. The van der Waals surface area contributed by atoms with Gasteiger partial charge in [0.25, 0.3) is 30.1 Å². The second-order valence-corrected chi connectivity index (χ2v) is 31.8. The van der Waals surface area contributed by atoms with Gasteiger partial charge in [0.2, 0.25) is 30.1 Å². The predicted octanol–water partition coefficient (Wildman–Crippen LogP) is 11.6. The lowest BCUT2D eigenvalue weighted by Crippen LogP contribution is -2.30. The number of hydrogen-bond acceptors (Lipinski definition) is 14. The van der Waals surface area contributed by atoms with E-state index in [-0.39, 0.29) is 109 Å². The molecule has 1 atom stereocenters. The Balaban J connectivity index is 0.000000256. The van der Waals surface area contributed by atoms with E-state index >= 15 is 0 Å². The van der Waals surface area contributed by atoms with Crippen molar-refractivity contribution in [3.8, 4) is 0 Å². The van der Waals surface area contributed by atoms with Gasteiger partial charge in [-0.2, -0.15) is 8.61 Å². The first-order valence-corrected chi connectivity index (χ1v) is 37.7. The van der Waals surface area contributed by atoms with Crippen molar-refractivity contribution in [3.05, 3.63) is 236 Å². The van der Waals surface area contributed by atoms with Crippen LogP contribution in [0.5, 0.6) is 0 Å². The van der Waals surface area contributed by atoms with Crippen LogP contribution in [0.15, 0.2) is 165 Å². The average Bonchev–Trinajstić information content (AvgIpc) is 0.821. The van der Waals surface area contributed by atoms with Crippen LogP contribution in [-0.2, 0) is 46.5 Å². The van der Waals surface area contributed by atoms with Gasteiger partial charge in [-0.1, -0.05) is 42.8 Å². The van der Waals surface area contributed by atoms with Crippen molar-refractivity contribution in [2.75, 3.05) is 95.5 Å². The molecule has 0 heterocycles. The van der Waals surface area contributed by atoms with Gasteiger partial charge in [0.1, 0.15) is 18.3 Å². The zero-order valence-electron chi connectivity index (χ0n) is 57.9. The minimum absolute atomic E-state index is 0.0203. The second kappa shape index (κ2) is 39.1. The van der Waals surface area contributed by atoms with Gasteiger partial charge in [0, 0.05) is 121 Å². The number of rotatable bonds is 26. The minimum atomic E-state index is -3.96. The molecule has 0 aliphatic heterocycles. The number of anilines is 4. The molecule has 0 aliphatic rings. The lowest BCUT2D eigenvalue weighted by molar-refractivity contribution is 0.101. The number of alkyl halides is 3. The number of nitrogens with zero attached hydrogens (tertiary/aromatic N) is 4. The summed E-state index contributed by atoms with van der Waals surface area (Å²) < 4.78 is 224. The highest BCUT2D eigenvalue weighted by molar-refractivity contribution is 7.98. The lowest BCUT2D eigenvalue weighted by Gasteiger charge is -2.21. The molecule has 7 N–H and O–H groups in total. The van der Waals surface area contributed by atoms with Gasteiger partial charge in [0.05, 0.1) is 54.8 Å². The van der Waals surface area contributed by atoms with Crippen molar-refractivity contribution in [2.45, 2.75) is 59.9 Å². The summed E-state index contributed by atoms with van der Waals surface area (Å²) in [6.45, 7) is 3.11. The molecule has 107 heavy (non-hydrogen) atoms. The Bertz CT molecular complexity index is 5020. The smallest absolute Gasteiger partial charge is 0.266 e. The molecule has 0 saturated carbocycles. The van der Waals surface area contributed by atoms with Crippen LogP contribution in [0.4, 0.5) is 66.7 Å². The van der Waals surface area contributed by atoms with Crippen LogP contribution in [0.1, 0.15) is 83.5 Å². The van der Waals surface area contributed by atoms with Gasteiger partial charge in [-0.05, 0) is 147 Å². The van der Waals surface area contributed by atoms with Crippen molar-refractivity contribution >= 4 is 104 Å². The zero-order chi connectivity index (χ0) is 80.2. The highest BCUT2D eigenvalue weighted by Crippen LogP contribution is 2.29. The van der Waals surface area contributed by atoms with Crippen LogP contribution in [0.25, 0.3) is 0 Å². The molecule has 4 amide bonds. The number of likely N-dealkylation sites (N-methyl/N-ethyl adjacent to an activating group) is 3. The molecule has 37 heteroatoms. The summed E-state index contributed by atoms with van der Waals surface area (Å²) in [5.74, 6) is -7.97. The molecule has 8 rings (SSSR count). The van der Waals surface area contributed by atoms with Crippen LogP contribution >= 0.6 is 11.6 Å². The summed E-state index contributed by atoms with van der Waals surface area (Å²) in [6, 6.07) is 28.8. The molecule has 8 aromatic rings. The Hall–Kier alpha value is -9.18. The number of aliphatic hydroxyl groups excluding tert-OH is 3. The lowest BCUT2D eigenvalue weighted by atomic mass is 10.1. The number of benzene rings is 8. The normalized spacial score (nSPS) is 12.1. The highest BCUT2D eigenvalue weighted by atomic mass is 35.5. The summed E-state index contributed by atoms with van der Waals surface area (Å²) in [6.07, 6.45) is -2.39. The maximum atomic E-state index is 13.5. The average molecular weight is 1600 g/mol. The number of carbonyl (C=O) groups excluding carboxylic acids is 4. The fraction of sp³-hybridized carbons (Fsp3) is 0.243. The number of sulfonamides is 3. The minimum Gasteiger partial charge on any atom is -0.395 e. The molecule has 0 aliphatic carbocycles. The number of carbonyl (C=O) groups is 4. The van der Waals surface area contributed by atoms with Crippen molar-refractivity contribution in [1.29, 1.82) is 0 Å². The molecule has 0 aromatic heterocycles. The van der Waals surface area contributed by atoms with Crippen LogP contribution in [0, 0.1) is 54.6 Å². The Morgan fingerprint density at radius 2 is 0.832 bits per heavy atom. The molecule has 0 bridgehead atoms. The topological polar surface area (TPSA) is 310 Å². The SMILES string of the molecule is C=S(=O)(c1cccc(C(=O)Nc2cc(F)c(F)c(CF)c2)c1)N(C)CCO.CCCN(C)S(=O)(=O)c1cccc(C(=O)Nc2ccc(F)c(C(F)F)c2)c1.Cc1ccc(C(=O)Nc2cc(F)c(F)c(F)c2)cc1S(=O)(=O)N(C)CCO.Cc1ccc(C(=O)Nc2ccc(F)c(Cl)c2)cc1S(=O)(=O)N(C)CCO. The Morgan fingerprint density at radius 3 is 1.26 bits per heavy atom. The summed E-state index contributed by atoms with van der Waals surface area (Å²) >= 11 is 5.68. The summed E-state index contributed by atoms with van der Waals surface area (Å²) in [5.41, 5.74) is -0.493. The van der Waals surface area contributed by atoms with Crippen molar-refractivity contribution in [1.82, 2.24) is 17.2 Å². The number of amides is 4. The van der Waals surface area contributed by atoms with E-state index in [1.54, 1.807) is 6.92 Å². The number of nitrogens with one attached hydrogen (secondary N) is 4.